The van der Waals surface area contributed by atoms with Crippen LogP contribution in [0.1, 0.15) is 48.5 Å². The summed E-state index contributed by atoms with van der Waals surface area (Å²) in [5, 5.41) is 12.8. The zero-order valence-electron chi connectivity index (χ0n) is 17.8. The molecule has 2 fully saturated rings. The van der Waals surface area contributed by atoms with Gasteiger partial charge in [-0.25, -0.2) is 9.97 Å². The van der Waals surface area contributed by atoms with Crippen LogP contribution in [-0.4, -0.2) is 58.1 Å². The quantitative estimate of drug-likeness (QED) is 0.819. The third kappa shape index (κ3) is 4.03. The summed E-state index contributed by atoms with van der Waals surface area (Å²) in [5.74, 6) is 1.36. The summed E-state index contributed by atoms with van der Waals surface area (Å²) in [6.07, 6.45) is 8.10. The molecule has 2 aliphatic rings. The van der Waals surface area contributed by atoms with Gasteiger partial charge < -0.3 is 14.8 Å². The lowest BCUT2D eigenvalue weighted by Crippen LogP contribution is -2.49. The third-order valence-corrected chi connectivity index (χ3v) is 6.39. The fraction of sp³-hybridized carbons (Fsp3) is 0.545. The topological polar surface area (TPSA) is 90.1 Å². The van der Waals surface area contributed by atoms with Crippen molar-refractivity contribution in [2.24, 2.45) is 0 Å². The minimum atomic E-state index is -0.0624. The molecule has 0 radical (unpaired) electrons. The van der Waals surface area contributed by atoms with Gasteiger partial charge >= 0.3 is 0 Å². The summed E-state index contributed by atoms with van der Waals surface area (Å²) in [7, 11) is 0. The van der Waals surface area contributed by atoms with Crippen molar-refractivity contribution < 1.29 is 4.79 Å². The summed E-state index contributed by atoms with van der Waals surface area (Å²) >= 11 is 0. The molecule has 30 heavy (non-hydrogen) atoms. The van der Waals surface area contributed by atoms with E-state index in [4.69, 9.17) is 0 Å². The molecule has 1 aliphatic heterocycles. The monoisotopic (exact) mass is 407 g/mol. The molecule has 1 amide bonds. The van der Waals surface area contributed by atoms with Crippen LogP contribution in [0, 0.1) is 25.2 Å². The van der Waals surface area contributed by atoms with E-state index in [1.807, 2.05) is 13.0 Å². The Morgan fingerprint density at radius 2 is 1.83 bits per heavy atom. The maximum Gasteiger partial charge on any atom is 0.239 e. The fourth-order valence-electron chi connectivity index (χ4n) is 4.64. The molecule has 158 valence electrons. The largest absolute Gasteiger partial charge is 0.338 e. The number of nitrogens with zero attached hydrogens (tertiary/aromatic N) is 6. The average molecular weight is 408 g/mol. The lowest BCUT2D eigenvalue weighted by Gasteiger charge is -2.34. The minimum Gasteiger partial charge on any atom is -0.338 e. The van der Waals surface area contributed by atoms with Gasteiger partial charge in [0.05, 0.1) is 12.1 Å². The third-order valence-electron chi connectivity index (χ3n) is 6.39. The molecule has 8 heteroatoms. The highest BCUT2D eigenvalue weighted by molar-refractivity contribution is 5.93. The van der Waals surface area contributed by atoms with Crippen LogP contribution in [0.25, 0.3) is 0 Å². The van der Waals surface area contributed by atoms with E-state index < -0.39 is 0 Å². The van der Waals surface area contributed by atoms with Crippen LogP contribution >= 0.6 is 0 Å². The number of nitrogens with one attached hydrogen (secondary N) is 1. The molecule has 1 saturated heterocycles. The second kappa shape index (κ2) is 8.84. The van der Waals surface area contributed by atoms with E-state index in [0.717, 1.165) is 56.2 Å². The first-order valence-corrected chi connectivity index (χ1v) is 10.7. The lowest BCUT2D eigenvalue weighted by atomic mass is 10.2. The van der Waals surface area contributed by atoms with Gasteiger partial charge in [0.1, 0.15) is 11.9 Å². The first-order valence-electron chi connectivity index (χ1n) is 10.7. The minimum absolute atomic E-state index is 0.0624. The van der Waals surface area contributed by atoms with Crippen molar-refractivity contribution in [3.8, 4) is 6.07 Å². The zero-order valence-corrected chi connectivity index (χ0v) is 17.8. The van der Waals surface area contributed by atoms with E-state index in [0.29, 0.717) is 24.0 Å². The molecule has 1 N–H and O–H groups in total. The van der Waals surface area contributed by atoms with E-state index in [-0.39, 0.29) is 5.91 Å². The van der Waals surface area contributed by atoms with E-state index in [9.17, 15) is 10.1 Å². The highest BCUT2D eigenvalue weighted by Crippen LogP contribution is 2.37. The fourth-order valence-corrected chi connectivity index (χ4v) is 4.64. The molecule has 0 atom stereocenters. The second-order valence-corrected chi connectivity index (χ2v) is 8.21. The molecule has 2 aromatic rings. The predicted molar refractivity (Wildman–Crippen MR) is 115 cm³/mol. The van der Waals surface area contributed by atoms with Gasteiger partial charge in [-0.15, -0.1) is 0 Å². The molecule has 0 unspecified atom stereocenters. The SMILES string of the molecule is Cc1c(C#N)c(NC(=O)CN2CCN(c3ncccn3)CC2)n(C2CCCC2)c1C. The van der Waals surface area contributed by atoms with Crippen molar-refractivity contribution in [1.29, 1.82) is 5.26 Å². The van der Waals surface area contributed by atoms with Gasteiger partial charge in [-0.05, 0) is 38.3 Å². The molecule has 3 heterocycles. The highest BCUT2D eigenvalue weighted by atomic mass is 16.2. The molecule has 1 aliphatic carbocycles. The Balaban J connectivity index is 1.41. The number of carbonyl (C=O) groups excluding carboxylic acids is 1. The van der Waals surface area contributed by atoms with Crippen LogP contribution in [-0.2, 0) is 4.79 Å². The zero-order chi connectivity index (χ0) is 21.1. The number of amides is 1. The van der Waals surface area contributed by atoms with Crippen molar-refractivity contribution in [2.75, 3.05) is 42.9 Å². The Morgan fingerprint density at radius 3 is 2.47 bits per heavy atom. The Morgan fingerprint density at radius 1 is 1.17 bits per heavy atom. The first kappa shape index (κ1) is 20.4. The second-order valence-electron chi connectivity index (χ2n) is 8.21. The van der Waals surface area contributed by atoms with E-state index in [2.05, 4.69) is 42.6 Å². The number of aromatic nitrogens is 3. The number of hydrogen-bond acceptors (Lipinski definition) is 6. The normalized spacial score (nSPS) is 17.8. The van der Waals surface area contributed by atoms with Gasteiger partial charge in [0, 0.05) is 50.3 Å². The molecular formula is C22H29N7O. The maximum absolute atomic E-state index is 12.9. The molecule has 4 rings (SSSR count). The van der Waals surface area contributed by atoms with Crippen LogP contribution in [0.4, 0.5) is 11.8 Å². The Bertz CT molecular complexity index is 933. The number of rotatable bonds is 5. The summed E-state index contributed by atoms with van der Waals surface area (Å²) in [6.45, 7) is 7.48. The molecule has 8 nitrogen and oxygen atoms in total. The van der Waals surface area contributed by atoms with Crippen molar-refractivity contribution in [3.63, 3.8) is 0 Å². The van der Waals surface area contributed by atoms with Gasteiger partial charge in [0.2, 0.25) is 11.9 Å². The predicted octanol–water partition coefficient (Wildman–Crippen LogP) is 2.64. The van der Waals surface area contributed by atoms with Gasteiger partial charge in [-0.3, -0.25) is 9.69 Å². The number of hydrogen-bond donors (Lipinski definition) is 1. The highest BCUT2D eigenvalue weighted by Gasteiger charge is 2.27. The summed E-state index contributed by atoms with van der Waals surface area (Å²) < 4.78 is 2.20. The van der Waals surface area contributed by atoms with Crippen molar-refractivity contribution >= 4 is 17.7 Å². The number of carbonyl (C=O) groups is 1. The summed E-state index contributed by atoms with van der Waals surface area (Å²) in [6, 6.07) is 4.49. The van der Waals surface area contributed by atoms with Crippen LogP contribution in [0.2, 0.25) is 0 Å². The Labute approximate surface area is 177 Å². The van der Waals surface area contributed by atoms with Crippen molar-refractivity contribution in [2.45, 2.75) is 45.6 Å². The maximum atomic E-state index is 12.9. The van der Waals surface area contributed by atoms with Crippen molar-refractivity contribution in [1.82, 2.24) is 19.4 Å². The van der Waals surface area contributed by atoms with Gasteiger partial charge in [0.15, 0.2) is 0 Å². The number of piperazine rings is 1. The molecular weight excluding hydrogens is 378 g/mol. The number of anilines is 2. The van der Waals surface area contributed by atoms with Gasteiger partial charge in [-0.1, -0.05) is 12.8 Å². The van der Waals surface area contributed by atoms with E-state index in [1.165, 1.54) is 12.8 Å². The molecule has 0 bridgehead atoms. The molecule has 1 saturated carbocycles. The van der Waals surface area contributed by atoms with Crippen LogP contribution in [0.3, 0.4) is 0 Å². The van der Waals surface area contributed by atoms with Crippen LogP contribution < -0.4 is 10.2 Å². The van der Waals surface area contributed by atoms with Crippen LogP contribution in [0.5, 0.6) is 0 Å². The first-order chi connectivity index (χ1) is 14.6. The number of nitriles is 1. The summed E-state index contributed by atoms with van der Waals surface area (Å²) in [4.78, 5) is 25.8. The average Bonchev–Trinajstić information content (AvgIpc) is 3.36. The van der Waals surface area contributed by atoms with Gasteiger partial charge in [-0.2, -0.15) is 5.26 Å². The standard InChI is InChI=1S/C22H29N7O/c1-16-17(2)29(18-6-3-4-7-18)21(19(16)14-23)26-20(30)15-27-10-12-28(13-11-27)22-24-8-5-9-25-22/h5,8-9,18H,3-4,6-7,10-13,15H2,1-2H3,(H,26,30). The van der Waals surface area contributed by atoms with E-state index >= 15 is 0 Å². The Kier molecular flexibility index (Phi) is 6.00. The summed E-state index contributed by atoms with van der Waals surface area (Å²) in [5.41, 5.74) is 2.65. The molecule has 0 aromatic carbocycles. The molecule has 2 aromatic heterocycles. The van der Waals surface area contributed by atoms with Crippen molar-refractivity contribution in [3.05, 3.63) is 35.3 Å². The molecule has 0 spiro atoms. The Hall–Kier alpha value is -2.92. The lowest BCUT2D eigenvalue weighted by molar-refractivity contribution is -0.117. The van der Waals surface area contributed by atoms with E-state index in [1.54, 1.807) is 12.4 Å². The van der Waals surface area contributed by atoms with Crippen LogP contribution in [0.15, 0.2) is 18.5 Å². The van der Waals surface area contributed by atoms with Gasteiger partial charge in [0.25, 0.3) is 0 Å². The smallest absolute Gasteiger partial charge is 0.239 e.